The highest BCUT2D eigenvalue weighted by atomic mass is 16.5. The number of nitriles is 4. The molecule has 5 aliphatic rings. The predicted octanol–water partition coefficient (Wildman–Crippen LogP) is 13.9. The topological polar surface area (TPSA) is 182 Å². The summed E-state index contributed by atoms with van der Waals surface area (Å²) in [4.78, 5) is 21.3. The maximum absolute atomic E-state index is 9.73. The Kier molecular flexibility index (Phi) is 15.6. The third-order valence-electron chi connectivity index (χ3n) is 12.2. The van der Waals surface area contributed by atoms with Crippen LogP contribution in [0.5, 0.6) is 23.0 Å². The van der Waals surface area contributed by atoms with E-state index in [-0.39, 0.29) is 0 Å². The summed E-state index contributed by atoms with van der Waals surface area (Å²) in [7, 11) is 0. The Bertz CT molecular complexity index is 3720. The van der Waals surface area contributed by atoms with Crippen molar-refractivity contribution in [3.05, 3.63) is 240 Å². The first-order valence-electron chi connectivity index (χ1n) is 24.5. The minimum Gasteiger partial charge on any atom is -0.465 e. The number of rotatable bonds is 16. The molecule has 5 heterocycles. The Balaban J connectivity index is 1.44. The lowest BCUT2D eigenvalue weighted by atomic mass is 9.85. The number of nitrogens with zero attached hydrogens (tertiary/aromatic N) is 8. The van der Waals surface area contributed by atoms with Crippen LogP contribution in [0.3, 0.4) is 0 Å². The summed E-state index contributed by atoms with van der Waals surface area (Å²) in [5, 5.41) is 38.7. The summed E-state index contributed by atoms with van der Waals surface area (Å²) in [6.07, 6.45) is 28.3. The lowest BCUT2D eigenvalue weighted by molar-refractivity contribution is 0.475. The van der Waals surface area contributed by atoms with Crippen molar-refractivity contribution in [3.63, 3.8) is 0 Å². The van der Waals surface area contributed by atoms with Crippen LogP contribution in [0.1, 0.15) is 49.9 Å². The van der Waals surface area contributed by atoms with E-state index in [1.54, 1.807) is 52.0 Å². The molecule has 4 aromatic carbocycles. The first-order valence-corrected chi connectivity index (χ1v) is 24.5. The second kappa shape index (κ2) is 23.4. The van der Waals surface area contributed by atoms with Crippen LogP contribution in [-0.4, -0.2) is 22.8 Å². The van der Waals surface area contributed by atoms with Gasteiger partial charge in [0.1, 0.15) is 23.0 Å². The average molecular weight is 993 g/mol. The molecule has 12 nitrogen and oxygen atoms in total. The van der Waals surface area contributed by atoms with Gasteiger partial charge in [-0.3, -0.25) is 0 Å². The molecule has 76 heavy (non-hydrogen) atoms. The van der Waals surface area contributed by atoms with Gasteiger partial charge < -0.3 is 18.9 Å². The van der Waals surface area contributed by atoms with Crippen molar-refractivity contribution >= 4 is 45.1 Å². The highest BCUT2D eigenvalue weighted by molar-refractivity contribution is 6.51. The molecule has 0 N–H and O–H groups in total. The smallest absolute Gasteiger partial charge is 0.134 e. The quantitative estimate of drug-likeness (QED) is 0.0994. The highest BCUT2D eigenvalue weighted by Crippen LogP contribution is 2.51. The number of fused-ring (bicyclic) bond motifs is 4. The molecule has 0 radical (unpaired) electrons. The molecule has 0 spiro atoms. The van der Waals surface area contributed by atoms with E-state index in [0.717, 1.165) is 0 Å². The van der Waals surface area contributed by atoms with E-state index in [2.05, 4.69) is 24.3 Å². The molecule has 4 unspecified atom stereocenters. The van der Waals surface area contributed by atoms with Crippen LogP contribution in [0.15, 0.2) is 238 Å². The van der Waals surface area contributed by atoms with Crippen LogP contribution in [0, 0.1) is 69.0 Å². The van der Waals surface area contributed by atoms with Crippen molar-refractivity contribution in [2.45, 2.75) is 27.7 Å². The number of allylic oxidation sites excluding steroid dienone is 16. The Morgan fingerprint density at radius 3 is 1.24 bits per heavy atom. The van der Waals surface area contributed by atoms with Crippen LogP contribution in [0.4, 0.5) is 0 Å². The zero-order chi connectivity index (χ0) is 53.0. The third kappa shape index (κ3) is 11.4. The zero-order valence-corrected chi connectivity index (χ0v) is 42.0. The van der Waals surface area contributed by atoms with Crippen molar-refractivity contribution in [3.8, 4) is 47.3 Å². The molecule has 0 saturated heterocycles. The Morgan fingerprint density at radius 2 is 0.776 bits per heavy atom. The minimum atomic E-state index is -0.440. The molecule has 368 valence electrons. The summed E-state index contributed by atoms with van der Waals surface area (Å²) in [6, 6.07) is 39.4. The Morgan fingerprint density at radius 1 is 0.395 bits per heavy atom. The molecule has 9 rings (SSSR count). The summed E-state index contributed by atoms with van der Waals surface area (Å²) < 4.78 is 25.9. The van der Waals surface area contributed by atoms with Crippen LogP contribution in [0.2, 0.25) is 0 Å². The van der Waals surface area contributed by atoms with Crippen molar-refractivity contribution < 1.29 is 18.9 Å². The predicted molar refractivity (Wildman–Crippen MR) is 298 cm³/mol. The molecule has 0 saturated carbocycles. The van der Waals surface area contributed by atoms with E-state index >= 15 is 0 Å². The second-order valence-electron chi connectivity index (χ2n) is 17.9. The number of aliphatic imine (C=N–C) groups is 4. The highest BCUT2D eigenvalue weighted by Gasteiger charge is 2.36. The van der Waals surface area contributed by atoms with Gasteiger partial charge in [0.15, 0.2) is 0 Å². The number of hydrogen-bond acceptors (Lipinski definition) is 12. The monoisotopic (exact) mass is 992 g/mol. The summed E-state index contributed by atoms with van der Waals surface area (Å²) in [5.74, 6) is 0.178. The maximum Gasteiger partial charge on any atom is 0.134 e. The molecule has 0 amide bonds. The minimum absolute atomic E-state index is 0.400. The van der Waals surface area contributed by atoms with Gasteiger partial charge in [-0.05, 0) is 125 Å². The number of hydrogen-bond donors (Lipinski definition) is 0. The normalized spacial score (nSPS) is 17.2. The van der Waals surface area contributed by atoms with Gasteiger partial charge in [0.05, 0.1) is 119 Å². The van der Waals surface area contributed by atoms with Gasteiger partial charge >= 0.3 is 0 Å². The Labute approximate surface area is 442 Å². The second-order valence-corrected chi connectivity index (χ2v) is 17.9. The molecular formula is C64H48N8O4. The van der Waals surface area contributed by atoms with Crippen LogP contribution in [0.25, 0.3) is 22.3 Å². The largest absolute Gasteiger partial charge is 0.465 e. The van der Waals surface area contributed by atoms with E-state index in [9.17, 15) is 21.0 Å². The number of ether oxygens (including phenoxy) is 4. The third-order valence-corrected chi connectivity index (χ3v) is 12.2. The lowest BCUT2D eigenvalue weighted by Crippen LogP contribution is -2.09. The first kappa shape index (κ1) is 50.5. The fraction of sp³-hybridized carbons (Fsp3) is 0.125. The summed E-state index contributed by atoms with van der Waals surface area (Å²) in [5.41, 5.74) is 9.80. The lowest BCUT2D eigenvalue weighted by Gasteiger charge is -2.21. The van der Waals surface area contributed by atoms with Crippen molar-refractivity contribution in [1.82, 2.24) is 0 Å². The fourth-order valence-electron chi connectivity index (χ4n) is 8.34. The van der Waals surface area contributed by atoms with Crippen molar-refractivity contribution in [2.75, 3.05) is 0 Å². The zero-order valence-electron chi connectivity index (χ0n) is 42.0. The molecule has 0 aromatic heterocycles. The Hall–Kier alpha value is -10.4. The van der Waals surface area contributed by atoms with E-state index < -0.39 is 23.7 Å². The van der Waals surface area contributed by atoms with Gasteiger partial charge in [0.2, 0.25) is 0 Å². The van der Waals surface area contributed by atoms with Gasteiger partial charge in [-0.2, -0.15) is 21.0 Å². The maximum atomic E-state index is 9.73. The van der Waals surface area contributed by atoms with E-state index in [0.29, 0.717) is 113 Å². The van der Waals surface area contributed by atoms with Crippen molar-refractivity contribution in [1.29, 1.82) is 21.0 Å². The van der Waals surface area contributed by atoms with Crippen molar-refractivity contribution in [2.24, 2.45) is 43.6 Å². The first-order chi connectivity index (χ1) is 37.1. The van der Waals surface area contributed by atoms with Gasteiger partial charge in [0, 0.05) is 44.5 Å². The van der Waals surface area contributed by atoms with E-state index in [1.165, 1.54) is 25.0 Å². The van der Waals surface area contributed by atoms with Gasteiger partial charge in [0.25, 0.3) is 0 Å². The molecule has 5 aliphatic heterocycles. The van der Waals surface area contributed by atoms with E-state index in [4.69, 9.17) is 38.9 Å². The number of para-hydroxylation sites is 4. The summed E-state index contributed by atoms with van der Waals surface area (Å²) >= 11 is 0. The van der Waals surface area contributed by atoms with Gasteiger partial charge in [-0.25, -0.2) is 20.0 Å². The molecule has 4 aromatic rings. The molecule has 0 fully saturated rings. The standard InChI is InChI=1S/C64H48N8O4/c1-41(37-65)25-29-73-56-17-9-5-13-50(56)54-35-49-34-47-22-21-45(69-47)33-46-23-24-48(70-46)36-55-60(51-14-6-10-18-57(51)74-30-26-42(2)38-66)61(52-15-7-11-19-58(52)75-31-27-43(3)39-67)64(72-55)62(63(54)71-49)53-16-8-12-20-59(53)76-32-28-44(4)40-68/h5-36,41-44H,1-4H3. The van der Waals surface area contributed by atoms with Gasteiger partial charge in [-0.15, -0.1) is 0 Å². The molecule has 4 atom stereocenters. The summed E-state index contributed by atoms with van der Waals surface area (Å²) in [6.45, 7) is 7.12. The average Bonchev–Trinajstić information content (AvgIpc) is 4.26. The fourth-order valence-corrected chi connectivity index (χ4v) is 8.34. The van der Waals surface area contributed by atoms with Gasteiger partial charge in [-0.1, -0.05) is 72.8 Å². The van der Waals surface area contributed by atoms with Crippen LogP contribution < -0.4 is 18.9 Å². The molecule has 12 heteroatoms. The molecule has 8 bridgehead atoms. The molecular weight excluding hydrogens is 945 g/mol. The number of benzene rings is 4. The van der Waals surface area contributed by atoms with E-state index in [1.807, 2.05) is 146 Å². The van der Waals surface area contributed by atoms with Crippen LogP contribution in [-0.2, 0) is 0 Å². The molecule has 0 aliphatic carbocycles. The van der Waals surface area contributed by atoms with Crippen LogP contribution >= 0.6 is 0 Å². The SMILES string of the molecule is CC(C#N)C=COc1ccccc1C1=CC2=CC3=NC(=CC4=NC(=CC5=NC(=C(c6ccccc6OC=CC(C)C#N)C1=N2)C(c1ccccc1OC=CC(C)C#N)=C5c1ccccc1OC=CC(C)C#N)C=C4)C=C3.